The van der Waals surface area contributed by atoms with Gasteiger partial charge in [-0.25, -0.2) is 8.78 Å². The van der Waals surface area contributed by atoms with E-state index in [0.29, 0.717) is 5.39 Å². The number of amides is 1. The molecule has 1 amide bonds. The zero-order chi connectivity index (χ0) is 25.2. The van der Waals surface area contributed by atoms with Crippen LogP contribution in [0.15, 0.2) is 84.9 Å². The normalized spacial score (nSPS) is 13.4. The highest BCUT2D eigenvalue weighted by molar-refractivity contribution is 6.07. The fourth-order valence-corrected chi connectivity index (χ4v) is 4.05. The molecule has 0 bridgehead atoms. The van der Waals surface area contributed by atoms with Crippen molar-refractivity contribution in [3.8, 4) is 0 Å². The van der Waals surface area contributed by atoms with Gasteiger partial charge < -0.3 is 10.4 Å². The van der Waals surface area contributed by atoms with Crippen molar-refractivity contribution in [3.05, 3.63) is 119 Å². The largest absolute Gasteiger partial charge is 0.416 e. The monoisotopic (exact) mass is 485 g/mol. The highest BCUT2D eigenvalue weighted by Gasteiger charge is 2.34. The maximum Gasteiger partial charge on any atom is 0.416 e. The number of hydrogen-bond donors (Lipinski definition) is 2. The maximum atomic E-state index is 14.2. The molecule has 4 rings (SSSR count). The average Bonchev–Trinajstić information content (AvgIpc) is 2.83. The number of nitrogens with one attached hydrogen (secondary N) is 1. The third-order valence-corrected chi connectivity index (χ3v) is 5.79. The van der Waals surface area contributed by atoms with Gasteiger partial charge in [-0.15, -0.1) is 0 Å². The highest BCUT2D eigenvalue weighted by Crippen LogP contribution is 2.33. The van der Waals surface area contributed by atoms with Crippen molar-refractivity contribution in [2.24, 2.45) is 0 Å². The number of rotatable bonds is 6. The third kappa shape index (κ3) is 5.33. The van der Waals surface area contributed by atoms with Crippen LogP contribution in [0.5, 0.6) is 0 Å². The van der Waals surface area contributed by atoms with Gasteiger partial charge in [0.2, 0.25) is 0 Å². The molecule has 2 unspecified atom stereocenters. The van der Waals surface area contributed by atoms with Crippen LogP contribution in [0, 0.1) is 11.6 Å². The van der Waals surface area contributed by atoms with Crippen molar-refractivity contribution >= 4 is 16.7 Å². The Morgan fingerprint density at radius 3 is 2.14 bits per heavy atom. The Morgan fingerprint density at radius 1 is 0.829 bits per heavy atom. The number of aliphatic hydroxyl groups is 1. The molecule has 0 spiro atoms. The van der Waals surface area contributed by atoms with E-state index in [1.54, 1.807) is 18.2 Å². The van der Waals surface area contributed by atoms with E-state index in [1.807, 2.05) is 0 Å². The van der Waals surface area contributed by atoms with Crippen LogP contribution in [0.2, 0.25) is 0 Å². The van der Waals surface area contributed by atoms with Crippen LogP contribution in [-0.2, 0) is 12.6 Å². The van der Waals surface area contributed by atoms with Gasteiger partial charge in [0.05, 0.1) is 17.7 Å². The van der Waals surface area contributed by atoms with E-state index in [9.17, 15) is 31.9 Å². The summed E-state index contributed by atoms with van der Waals surface area (Å²) in [5, 5.41) is 14.1. The predicted molar refractivity (Wildman–Crippen MR) is 122 cm³/mol. The number of alkyl halides is 3. The zero-order valence-electron chi connectivity index (χ0n) is 18.2. The van der Waals surface area contributed by atoms with Crippen LogP contribution in [0.3, 0.4) is 0 Å². The summed E-state index contributed by atoms with van der Waals surface area (Å²) in [5.41, 5.74) is -0.708. The van der Waals surface area contributed by atoms with Crippen LogP contribution >= 0.6 is 0 Å². The Bertz CT molecular complexity index is 1350. The van der Waals surface area contributed by atoms with E-state index in [2.05, 4.69) is 5.32 Å². The second-order valence-corrected chi connectivity index (χ2v) is 8.08. The molecule has 4 aromatic rings. The standard InChI is InChI=1S/C27H20F5NO2/c28-18-11-9-16(10-12-18)25(34)24(15-17-5-1-4-8-22(17)27(30,31)32)33-26(35)21-13-14-23(29)20-7-3-2-6-19(20)21/h1-14,24-25,34H,15H2,(H,33,35). The van der Waals surface area contributed by atoms with Gasteiger partial charge in [0.25, 0.3) is 5.91 Å². The molecule has 8 heteroatoms. The van der Waals surface area contributed by atoms with Crippen molar-refractivity contribution in [1.82, 2.24) is 5.32 Å². The second kappa shape index (κ2) is 9.84. The van der Waals surface area contributed by atoms with Crippen LogP contribution in [-0.4, -0.2) is 17.1 Å². The minimum atomic E-state index is -4.64. The number of fused-ring (bicyclic) bond motifs is 1. The van der Waals surface area contributed by atoms with E-state index >= 15 is 0 Å². The van der Waals surface area contributed by atoms with E-state index in [1.165, 1.54) is 42.5 Å². The van der Waals surface area contributed by atoms with Crippen molar-refractivity contribution in [2.45, 2.75) is 24.7 Å². The topological polar surface area (TPSA) is 49.3 Å². The van der Waals surface area contributed by atoms with Crippen molar-refractivity contribution in [2.75, 3.05) is 0 Å². The van der Waals surface area contributed by atoms with E-state index in [4.69, 9.17) is 0 Å². The molecular weight excluding hydrogens is 465 g/mol. The van der Waals surface area contributed by atoms with Gasteiger partial charge in [-0.3, -0.25) is 4.79 Å². The molecule has 0 aliphatic rings. The number of carbonyl (C=O) groups excluding carboxylic acids is 1. The maximum absolute atomic E-state index is 14.2. The summed E-state index contributed by atoms with van der Waals surface area (Å²) in [7, 11) is 0. The first kappa shape index (κ1) is 24.3. The molecule has 0 aliphatic carbocycles. The van der Waals surface area contributed by atoms with Crippen molar-refractivity contribution in [1.29, 1.82) is 0 Å². The van der Waals surface area contributed by atoms with Gasteiger partial charge in [0.1, 0.15) is 11.6 Å². The molecule has 180 valence electrons. The molecule has 2 N–H and O–H groups in total. The SMILES string of the molecule is O=C(NC(Cc1ccccc1C(F)(F)F)C(O)c1ccc(F)cc1)c1ccc(F)c2ccccc12. The molecule has 4 aromatic carbocycles. The summed E-state index contributed by atoms with van der Waals surface area (Å²) < 4.78 is 68.3. The lowest BCUT2D eigenvalue weighted by molar-refractivity contribution is -0.138. The summed E-state index contributed by atoms with van der Waals surface area (Å²) >= 11 is 0. The number of halogens is 5. The fraction of sp³-hybridized carbons (Fsp3) is 0.148. The summed E-state index contributed by atoms with van der Waals surface area (Å²) in [6.45, 7) is 0. The molecule has 0 saturated heterocycles. The van der Waals surface area contributed by atoms with E-state index < -0.39 is 41.4 Å². The fourth-order valence-electron chi connectivity index (χ4n) is 4.05. The Morgan fingerprint density at radius 2 is 1.46 bits per heavy atom. The van der Waals surface area contributed by atoms with Gasteiger partial charge in [-0.2, -0.15) is 13.2 Å². The lowest BCUT2D eigenvalue weighted by atomic mass is 9.93. The molecule has 0 aliphatic heterocycles. The Labute approximate surface area is 197 Å². The number of benzene rings is 4. The van der Waals surface area contributed by atoms with Gasteiger partial charge in [-0.1, -0.05) is 54.6 Å². The first-order valence-electron chi connectivity index (χ1n) is 10.7. The lowest BCUT2D eigenvalue weighted by Gasteiger charge is -2.26. The first-order chi connectivity index (χ1) is 16.6. The Balaban J connectivity index is 1.72. The number of aliphatic hydroxyl groups excluding tert-OH is 1. The quantitative estimate of drug-likeness (QED) is 0.319. The average molecular weight is 485 g/mol. The minimum absolute atomic E-state index is 0.0995. The molecule has 0 heterocycles. The molecule has 0 radical (unpaired) electrons. The molecule has 0 fully saturated rings. The number of hydrogen-bond acceptors (Lipinski definition) is 2. The van der Waals surface area contributed by atoms with Gasteiger partial charge in [0, 0.05) is 10.9 Å². The van der Waals surface area contributed by atoms with Crippen molar-refractivity contribution in [3.63, 3.8) is 0 Å². The molecule has 0 aromatic heterocycles. The van der Waals surface area contributed by atoms with Gasteiger partial charge >= 0.3 is 6.18 Å². The van der Waals surface area contributed by atoms with Gasteiger partial charge in [0.15, 0.2) is 0 Å². The van der Waals surface area contributed by atoms with E-state index in [-0.39, 0.29) is 28.5 Å². The van der Waals surface area contributed by atoms with Crippen LogP contribution < -0.4 is 5.32 Å². The first-order valence-corrected chi connectivity index (χ1v) is 10.7. The van der Waals surface area contributed by atoms with Crippen LogP contribution in [0.4, 0.5) is 22.0 Å². The second-order valence-electron chi connectivity index (χ2n) is 8.08. The molecule has 2 atom stereocenters. The Kier molecular flexibility index (Phi) is 6.84. The summed E-state index contributed by atoms with van der Waals surface area (Å²) in [6, 6.07) is 17.2. The summed E-state index contributed by atoms with van der Waals surface area (Å²) in [4.78, 5) is 13.2. The van der Waals surface area contributed by atoms with Crippen LogP contribution in [0.25, 0.3) is 10.8 Å². The molecule has 3 nitrogen and oxygen atoms in total. The molecular formula is C27H20F5NO2. The van der Waals surface area contributed by atoms with Crippen molar-refractivity contribution < 1.29 is 31.9 Å². The Hall–Kier alpha value is -3.78. The molecule has 0 saturated carbocycles. The van der Waals surface area contributed by atoms with Gasteiger partial charge in [-0.05, 0) is 53.3 Å². The highest BCUT2D eigenvalue weighted by atomic mass is 19.4. The van der Waals surface area contributed by atoms with Crippen LogP contribution in [0.1, 0.15) is 33.2 Å². The molecule has 35 heavy (non-hydrogen) atoms. The summed E-state index contributed by atoms with van der Waals surface area (Å²) in [5.74, 6) is -1.78. The lowest BCUT2D eigenvalue weighted by Crippen LogP contribution is -2.41. The number of carbonyl (C=O) groups is 1. The van der Waals surface area contributed by atoms with E-state index in [0.717, 1.165) is 24.3 Å². The zero-order valence-corrected chi connectivity index (χ0v) is 18.2. The smallest absolute Gasteiger partial charge is 0.386 e. The predicted octanol–water partition coefficient (Wildman–Crippen LogP) is 6.21. The minimum Gasteiger partial charge on any atom is -0.386 e. The summed E-state index contributed by atoms with van der Waals surface area (Å²) in [6.07, 6.45) is -6.45. The third-order valence-electron chi connectivity index (χ3n) is 5.79.